The second-order valence-electron chi connectivity index (χ2n) is 12.0. The molecule has 0 N–H and O–H groups in total. The van der Waals surface area contributed by atoms with E-state index in [1.165, 1.54) is 24.5 Å². The van der Waals surface area contributed by atoms with E-state index in [2.05, 4.69) is 52.0 Å². The predicted octanol–water partition coefficient (Wildman–Crippen LogP) is 6.12. The van der Waals surface area contributed by atoms with Gasteiger partial charge in [-0.05, 0) is 93.6 Å². The highest BCUT2D eigenvalue weighted by Crippen LogP contribution is 2.43. The van der Waals surface area contributed by atoms with Crippen LogP contribution in [0.15, 0.2) is 88.9 Å². The fourth-order valence-corrected chi connectivity index (χ4v) is 8.22. The number of pyridine rings is 1. The monoisotopic (exact) mass is 600 g/mol. The molecular weight excluding hydrogens is 556 g/mol. The Labute approximate surface area is 257 Å². The Hall–Kier alpha value is -3.25. The first-order chi connectivity index (χ1) is 20.9. The highest BCUT2D eigenvalue weighted by atomic mass is 32.2. The van der Waals surface area contributed by atoms with Gasteiger partial charge in [0.05, 0.1) is 27.4 Å². The van der Waals surface area contributed by atoms with Gasteiger partial charge < -0.3 is 14.5 Å². The topological polar surface area (TPSA) is 86.5 Å². The Morgan fingerprint density at radius 3 is 2.23 bits per heavy atom. The summed E-state index contributed by atoms with van der Waals surface area (Å²) >= 11 is 0. The van der Waals surface area contributed by atoms with E-state index in [9.17, 15) is 13.7 Å². The molecule has 2 fully saturated rings. The molecule has 0 amide bonds. The zero-order chi connectivity index (χ0) is 30.3. The Morgan fingerprint density at radius 1 is 0.977 bits per heavy atom. The average Bonchev–Trinajstić information content (AvgIpc) is 3.03. The van der Waals surface area contributed by atoms with Crippen molar-refractivity contribution >= 4 is 15.5 Å². The highest BCUT2D eigenvalue weighted by molar-refractivity contribution is 7.91. The molecule has 0 radical (unpaired) electrons. The molecule has 0 aliphatic carbocycles. The molecule has 1 unspecified atom stereocenters. The number of hydrogen-bond acceptors (Lipinski definition) is 7. The van der Waals surface area contributed by atoms with Crippen molar-refractivity contribution in [3.8, 4) is 6.07 Å². The van der Waals surface area contributed by atoms with E-state index >= 15 is 0 Å². The number of ether oxygens (including phenoxy) is 1. The molecule has 0 saturated carbocycles. The van der Waals surface area contributed by atoms with Gasteiger partial charge in [0.1, 0.15) is 0 Å². The summed E-state index contributed by atoms with van der Waals surface area (Å²) in [5.74, 6) is 0.884. The van der Waals surface area contributed by atoms with Crippen LogP contribution in [0.3, 0.4) is 0 Å². The first-order valence-corrected chi connectivity index (χ1v) is 17.2. The van der Waals surface area contributed by atoms with Crippen molar-refractivity contribution in [2.45, 2.75) is 67.3 Å². The molecule has 2 aliphatic rings. The van der Waals surface area contributed by atoms with Crippen LogP contribution in [0, 0.1) is 23.2 Å². The van der Waals surface area contributed by atoms with Crippen LogP contribution in [0.25, 0.3) is 0 Å². The number of sulfone groups is 1. The van der Waals surface area contributed by atoms with Crippen LogP contribution in [0.1, 0.15) is 51.5 Å². The number of hydrogen-bond donors (Lipinski definition) is 0. The maximum Gasteiger partial charge on any atom is 0.206 e. The molecule has 1 aromatic heterocycles. The van der Waals surface area contributed by atoms with Gasteiger partial charge in [0.2, 0.25) is 9.84 Å². The number of aromatic nitrogens is 1. The minimum atomic E-state index is -3.54. The summed E-state index contributed by atoms with van der Waals surface area (Å²) in [4.78, 5) is 9.37. The van der Waals surface area contributed by atoms with Crippen molar-refractivity contribution in [3.05, 3.63) is 84.7 Å². The molecule has 8 heteroatoms. The molecule has 3 aromatic rings. The lowest BCUT2D eigenvalue weighted by molar-refractivity contribution is 0.0234. The van der Waals surface area contributed by atoms with Gasteiger partial charge in [-0.25, -0.2) is 8.42 Å². The van der Waals surface area contributed by atoms with Crippen molar-refractivity contribution in [3.63, 3.8) is 0 Å². The number of rotatable bonds is 13. The van der Waals surface area contributed by atoms with E-state index in [0.29, 0.717) is 23.3 Å². The molecule has 43 heavy (non-hydrogen) atoms. The van der Waals surface area contributed by atoms with Crippen molar-refractivity contribution in [1.29, 1.82) is 5.26 Å². The summed E-state index contributed by atoms with van der Waals surface area (Å²) in [6.07, 6.45) is 7.89. The van der Waals surface area contributed by atoms with Crippen LogP contribution in [0.5, 0.6) is 0 Å². The van der Waals surface area contributed by atoms with Crippen LogP contribution in [-0.2, 0) is 20.0 Å². The fourth-order valence-electron chi connectivity index (χ4n) is 6.98. The van der Waals surface area contributed by atoms with Crippen molar-refractivity contribution in [1.82, 2.24) is 9.88 Å². The van der Waals surface area contributed by atoms with E-state index in [4.69, 9.17) is 4.74 Å². The third-order valence-electron chi connectivity index (χ3n) is 9.28. The maximum absolute atomic E-state index is 12.9. The van der Waals surface area contributed by atoms with Crippen LogP contribution >= 0.6 is 0 Å². The lowest BCUT2D eigenvalue weighted by atomic mass is 9.64. The third kappa shape index (κ3) is 6.95. The minimum Gasteiger partial charge on any atom is -0.378 e. The summed E-state index contributed by atoms with van der Waals surface area (Å²) in [6.45, 7) is 9.91. The molecule has 3 heterocycles. The van der Waals surface area contributed by atoms with Crippen LogP contribution in [0.4, 0.5) is 5.69 Å². The first-order valence-electron chi connectivity index (χ1n) is 15.7. The summed E-state index contributed by atoms with van der Waals surface area (Å²) < 4.78 is 31.9. The van der Waals surface area contributed by atoms with E-state index in [0.717, 1.165) is 76.1 Å². The van der Waals surface area contributed by atoms with Crippen LogP contribution < -0.4 is 4.90 Å². The molecule has 2 aromatic carbocycles. The Balaban J connectivity index is 1.16. The van der Waals surface area contributed by atoms with E-state index < -0.39 is 15.3 Å². The molecule has 2 aliphatic heterocycles. The molecule has 0 spiro atoms. The Bertz CT molecular complexity index is 1440. The normalized spacial score (nSPS) is 18.9. The van der Waals surface area contributed by atoms with Gasteiger partial charge in [0.25, 0.3) is 0 Å². The van der Waals surface area contributed by atoms with Crippen LogP contribution in [-0.4, -0.2) is 63.7 Å². The molecule has 2 atom stereocenters. The summed E-state index contributed by atoms with van der Waals surface area (Å²) in [7, 11) is -3.54. The van der Waals surface area contributed by atoms with Gasteiger partial charge in [-0.2, -0.15) is 5.26 Å². The standard InChI is InChI=1S/C35H44N4O3S/c1-3-8-32(42-4-2)23-35(27-36,29-9-6-5-7-10-29)30-17-21-38(22-18-30)24-28-25-39(26-28)31-11-13-33(14-12-31)43(40,41)34-15-19-37-20-16-34/h5-7,9-16,19-20,28,30,32H,3-4,8,17-18,21-26H2,1-2H3/t32-,35?/m1/s1. The van der Waals surface area contributed by atoms with Crippen molar-refractivity contribution < 1.29 is 13.2 Å². The summed E-state index contributed by atoms with van der Waals surface area (Å²) in [5, 5.41) is 10.7. The van der Waals surface area contributed by atoms with E-state index in [-0.39, 0.29) is 11.0 Å². The zero-order valence-electron chi connectivity index (χ0n) is 25.4. The zero-order valence-corrected chi connectivity index (χ0v) is 26.3. The largest absolute Gasteiger partial charge is 0.378 e. The van der Waals surface area contributed by atoms with Gasteiger partial charge >= 0.3 is 0 Å². The number of anilines is 1. The SMILES string of the molecule is CCC[C@H](CC(C#N)(c1ccccc1)C1CCN(CC2CN(c3ccc(S(=O)(=O)c4ccncc4)cc3)C2)CC1)OCC. The number of likely N-dealkylation sites (tertiary alicyclic amines) is 1. The lowest BCUT2D eigenvalue weighted by Gasteiger charge is -2.46. The van der Waals surface area contributed by atoms with Gasteiger partial charge in [-0.15, -0.1) is 0 Å². The molecule has 5 rings (SSSR count). The number of nitriles is 1. The molecule has 228 valence electrons. The lowest BCUT2D eigenvalue weighted by Crippen LogP contribution is -2.53. The third-order valence-corrected chi connectivity index (χ3v) is 11.1. The van der Waals surface area contributed by atoms with Gasteiger partial charge in [-0.3, -0.25) is 4.98 Å². The molecule has 7 nitrogen and oxygen atoms in total. The smallest absolute Gasteiger partial charge is 0.206 e. The van der Waals surface area contributed by atoms with Crippen molar-refractivity contribution in [2.24, 2.45) is 11.8 Å². The highest BCUT2D eigenvalue weighted by Gasteiger charge is 2.44. The van der Waals surface area contributed by atoms with Crippen molar-refractivity contribution in [2.75, 3.05) is 44.2 Å². The van der Waals surface area contributed by atoms with E-state index in [1.807, 2.05) is 25.1 Å². The number of nitrogens with zero attached hydrogens (tertiary/aromatic N) is 4. The number of piperidine rings is 1. The Kier molecular flexibility index (Phi) is 10.2. The average molecular weight is 601 g/mol. The number of benzene rings is 2. The van der Waals surface area contributed by atoms with Gasteiger partial charge in [0.15, 0.2) is 0 Å². The van der Waals surface area contributed by atoms with Crippen LogP contribution in [0.2, 0.25) is 0 Å². The summed E-state index contributed by atoms with van der Waals surface area (Å²) in [5.41, 5.74) is 1.65. The second-order valence-corrected chi connectivity index (χ2v) is 14.0. The maximum atomic E-state index is 12.9. The second kappa shape index (κ2) is 14.0. The quantitative estimate of drug-likeness (QED) is 0.234. The molecule has 0 bridgehead atoms. The first kappa shape index (κ1) is 31.2. The van der Waals surface area contributed by atoms with Gasteiger partial charge in [0, 0.05) is 50.2 Å². The van der Waals surface area contributed by atoms with E-state index in [1.54, 1.807) is 12.1 Å². The fraction of sp³-hybridized carbons (Fsp3) is 0.486. The molecule has 2 saturated heterocycles. The predicted molar refractivity (Wildman–Crippen MR) is 170 cm³/mol. The Morgan fingerprint density at radius 2 is 1.63 bits per heavy atom. The summed E-state index contributed by atoms with van der Waals surface area (Å²) in [6, 6.07) is 23.5. The minimum absolute atomic E-state index is 0.0960. The van der Waals surface area contributed by atoms with Gasteiger partial charge in [-0.1, -0.05) is 43.7 Å². The molecular formula is C35H44N4O3S.